The summed E-state index contributed by atoms with van der Waals surface area (Å²) in [6.45, 7) is 12.9. The van der Waals surface area contributed by atoms with Crippen molar-refractivity contribution >= 4 is 0 Å². The minimum atomic E-state index is 0.852. The zero-order valence-corrected chi connectivity index (χ0v) is 8.01. The monoisotopic (exact) mass is 156 g/mol. The van der Waals surface area contributed by atoms with Crippen molar-refractivity contribution in [1.82, 2.24) is 9.80 Å². The van der Waals surface area contributed by atoms with Crippen molar-refractivity contribution < 1.29 is 0 Å². The highest BCUT2D eigenvalue weighted by Crippen LogP contribution is 2.13. The van der Waals surface area contributed by atoms with Gasteiger partial charge in [0.1, 0.15) is 0 Å². The van der Waals surface area contributed by atoms with E-state index in [1.807, 2.05) is 0 Å². The number of nitrogens with zero attached hydrogens (tertiary/aromatic N) is 2. The standard InChI is InChI=1S/C9H20N2/c1-4-10-7-9(8-10)11(5-2)6-3/h9H,4-8H2,1-3H3. The number of hydrogen-bond donors (Lipinski definition) is 0. The van der Waals surface area contributed by atoms with Crippen molar-refractivity contribution in [3.8, 4) is 0 Å². The Morgan fingerprint density at radius 2 is 1.73 bits per heavy atom. The van der Waals surface area contributed by atoms with Gasteiger partial charge in [-0.15, -0.1) is 0 Å². The van der Waals surface area contributed by atoms with Crippen molar-refractivity contribution in [1.29, 1.82) is 0 Å². The summed E-state index contributed by atoms with van der Waals surface area (Å²) in [5, 5.41) is 0. The van der Waals surface area contributed by atoms with Gasteiger partial charge in [-0.25, -0.2) is 0 Å². The predicted molar refractivity (Wildman–Crippen MR) is 48.8 cm³/mol. The number of likely N-dealkylation sites (tertiary alicyclic amines) is 1. The van der Waals surface area contributed by atoms with E-state index >= 15 is 0 Å². The molecule has 0 unspecified atom stereocenters. The summed E-state index contributed by atoms with van der Waals surface area (Å²) in [5.74, 6) is 0. The van der Waals surface area contributed by atoms with E-state index in [1.165, 1.54) is 32.7 Å². The molecule has 1 fully saturated rings. The van der Waals surface area contributed by atoms with Crippen molar-refractivity contribution in [2.75, 3.05) is 32.7 Å². The lowest BCUT2D eigenvalue weighted by molar-refractivity contribution is 0.0441. The first-order valence-electron chi connectivity index (χ1n) is 4.78. The second-order valence-electron chi connectivity index (χ2n) is 3.23. The fraction of sp³-hybridized carbons (Fsp3) is 1.00. The molecule has 0 aromatic heterocycles. The second-order valence-corrected chi connectivity index (χ2v) is 3.23. The van der Waals surface area contributed by atoms with E-state index in [9.17, 15) is 0 Å². The summed E-state index contributed by atoms with van der Waals surface area (Å²) >= 11 is 0. The van der Waals surface area contributed by atoms with Gasteiger partial charge in [0.25, 0.3) is 0 Å². The molecule has 1 aliphatic rings. The first kappa shape index (κ1) is 9.01. The summed E-state index contributed by atoms with van der Waals surface area (Å²) in [4.78, 5) is 5.04. The maximum atomic E-state index is 2.55. The van der Waals surface area contributed by atoms with Gasteiger partial charge in [-0.05, 0) is 19.6 Å². The lowest BCUT2D eigenvalue weighted by Crippen LogP contribution is -2.58. The second kappa shape index (κ2) is 4.07. The highest BCUT2D eigenvalue weighted by molar-refractivity contribution is 4.86. The van der Waals surface area contributed by atoms with Gasteiger partial charge in [-0.2, -0.15) is 0 Å². The third-order valence-corrected chi connectivity index (χ3v) is 2.71. The van der Waals surface area contributed by atoms with Crippen LogP contribution in [-0.4, -0.2) is 48.6 Å². The van der Waals surface area contributed by atoms with Gasteiger partial charge in [-0.1, -0.05) is 20.8 Å². The highest BCUT2D eigenvalue weighted by Gasteiger charge is 2.28. The maximum absolute atomic E-state index is 2.55. The minimum Gasteiger partial charge on any atom is -0.300 e. The Bertz CT molecular complexity index is 104. The Morgan fingerprint density at radius 1 is 1.18 bits per heavy atom. The van der Waals surface area contributed by atoms with Crippen LogP contribution in [0.15, 0.2) is 0 Å². The molecule has 0 radical (unpaired) electrons. The lowest BCUT2D eigenvalue weighted by atomic mass is 10.1. The molecule has 2 nitrogen and oxygen atoms in total. The van der Waals surface area contributed by atoms with Crippen LogP contribution in [0.1, 0.15) is 20.8 Å². The van der Waals surface area contributed by atoms with Crippen LogP contribution in [0.2, 0.25) is 0 Å². The van der Waals surface area contributed by atoms with Crippen molar-refractivity contribution in [2.24, 2.45) is 0 Å². The van der Waals surface area contributed by atoms with Gasteiger partial charge in [0, 0.05) is 19.1 Å². The van der Waals surface area contributed by atoms with Crippen LogP contribution in [-0.2, 0) is 0 Å². The molecule has 1 saturated heterocycles. The van der Waals surface area contributed by atoms with Crippen LogP contribution in [0.25, 0.3) is 0 Å². The third kappa shape index (κ3) is 1.94. The van der Waals surface area contributed by atoms with Gasteiger partial charge in [0.15, 0.2) is 0 Å². The highest BCUT2D eigenvalue weighted by atomic mass is 15.3. The van der Waals surface area contributed by atoms with Gasteiger partial charge in [0.2, 0.25) is 0 Å². The van der Waals surface area contributed by atoms with Crippen LogP contribution in [0.4, 0.5) is 0 Å². The number of likely N-dealkylation sites (N-methyl/N-ethyl adjacent to an activating group) is 2. The minimum absolute atomic E-state index is 0.852. The Morgan fingerprint density at radius 3 is 2.09 bits per heavy atom. The van der Waals surface area contributed by atoms with Gasteiger partial charge in [-0.3, -0.25) is 4.90 Å². The van der Waals surface area contributed by atoms with Crippen LogP contribution >= 0.6 is 0 Å². The van der Waals surface area contributed by atoms with E-state index in [1.54, 1.807) is 0 Å². The van der Waals surface area contributed by atoms with Gasteiger partial charge in [0.05, 0.1) is 0 Å². The number of rotatable bonds is 4. The van der Waals surface area contributed by atoms with Crippen LogP contribution in [0.3, 0.4) is 0 Å². The largest absolute Gasteiger partial charge is 0.300 e. The molecule has 0 spiro atoms. The van der Waals surface area contributed by atoms with Crippen molar-refractivity contribution in [2.45, 2.75) is 26.8 Å². The molecule has 2 heteroatoms. The molecule has 0 aromatic carbocycles. The van der Waals surface area contributed by atoms with Crippen molar-refractivity contribution in [3.05, 3.63) is 0 Å². The van der Waals surface area contributed by atoms with E-state index < -0.39 is 0 Å². The summed E-state index contributed by atoms with van der Waals surface area (Å²) in [6.07, 6.45) is 0. The molecule has 0 atom stereocenters. The zero-order chi connectivity index (χ0) is 8.27. The van der Waals surface area contributed by atoms with E-state index in [4.69, 9.17) is 0 Å². The molecular weight excluding hydrogens is 136 g/mol. The molecule has 0 amide bonds. The number of hydrogen-bond acceptors (Lipinski definition) is 2. The van der Waals surface area contributed by atoms with E-state index in [0.717, 1.165) is 6.04 Å². The fourth-order valence-electron chi connectivity index (χ4n) is 1.77. The average Bonchev–Trinajstić information content (AvgIpc) is 1.95. The van der Waals surface area contributed by atoms with Crippen LogP contribution in [0, 0.1) is 0 Å². The zero-order valence-electron chi connectivity index (χ0n) is 8.01. The lowest BCUT2D eigenvalue weighted by Gasteiger charge is -2.44. The predicted octanol–water partition coefficient (Wildman–Crippen LogP) is 1.03. The SMILES string of the molecule is CCN1CC(N(CC)CC)C1. The molecule has 1 aliphatic heterocycles. The first-order valence-corrected chi connectivity index (χ1v) is 4.78. The third-order valence-electron chi connectivity index (χ3n) is 2.71. The molecule has 0 aliphatic carbocycles. The average molecular weight is 156 g/mol. The van der Waals surface area contributed by atoms with Gasteiger partial charge < -0.3 is 4.90 Å². The molecule has 66 valence electrons. The Kier molecular flexibility index (Phi) is 3.34. The maximum Gasteiger partial charge on any atom is 0.0350 e. The summed E-state index contributed by atoms with van der Waals surface area (Å²) in [6, 6.07) is 0.852. The summed E-state index contributed by atoms with van der Waals surface area (Å²) < 4.78 is 0. The molecule has 0 bridgehead atoms. The molecule has 0 saturated carbocycles. The van der Waals surface area contributed by atoms with Crippen LogP contribution in [0.5, 0.6) is 0 Å². The molecule has 1 heterocycles. The van der Waals surface area contributed by atoms with Gasteiger partial charge >= 0.3 is 0 Å². The fourth-order valence-corrected chi connectivity index (χ4v) is 1.77. The summed E-state index contributed by atoms with van der Waals surface area (Å²) in [7, 11) is 0. The summed E-state index contributed by atoms with van der Waals surface area (Å²) in [5.41, 5.74) is 0. The molecular formula is C9H20N2. The molecule has 1 rings (SSSR count). The Labute approximate surface area is 70.2 Å². The normalized spacial score (nSPS) is 20.7. The van der Waals surface area contributed by atoms with E-state index in [-0.39, 0.29) is 0 Å². The topological polar surface area (TPSA) is 6.48 Å². The van der Waals surface area contributed by atoms with Crippen LogP contribution < -0.4 is 0 Å². The molecule has 11 heavy (non-hydrogen) atoms. The smallest absolute Gasteiger partial charge is 0.0350 e. The van der Waals surface area contributed by atoms with Crippen molar-refractivity contribution in [3.63, 3.8) is 0 Å². The quantitative estimate of drug-likeness (QED) is 0.600. The van der Waals surface area contributed by atoms with E-state index in [0.29, 0.717) is 0 Å². The van der Waals surface area contributed by atoms with E-state index in [2.05, 4.69) is 30.6 Å². The molecule has 0 N–H and O–H groups in total. The Hall–Kier alpha value is -0.0800. The molecule has 0 aromatic rings. The Balaban J connectivity index is 2.19. The first-order chi connectivity index (χ1) is 5.31.